The second-order valence-electron chi connectivity index (χ2n) is 5.23. The van der Waals surface area contributed by atoms with Crippen molar-refractivity contribution in [2.45, 2.75) is 32.9 Å². The molecule has 1 aliphatic rings. The fourth-order valence-corrected chi connectivity index (χ4v) is 2.58. The lowest BCUT2D eigenvalue weighted by Gasteiger charge is -2.23. The van der Waals surface area contributed by atoms with E-state index in [1.807, 2.05) is 6.92 Å². The Morgan fingerprint density at radius 1 is 1.21 bits per heavy atom. The van der Waals surface area contributed by atoms with Crippen molar-refractivity contribution in [1.29, 1.82) is 0 Å². The van der Waals surface area contributed by atoms with Crippen molar-refractivity contribution in [2.24, 2.45) is 5.92 Å². The summed E-state index contributed by atoms with van der Waals surface area (Å²) >= 11 is 0. The fourth-order valence-electron chi connectivity index (χ4n) is 2.58. The van der Waals surface area contributed by atoms with E-state index in [4.69, 9.17) is 4.74 Å². The van der Waals surface area contributed by atoms with Crippen LogP contribution in [0.4, 0.5) is 0 Å². The molecule has 1 aromatic rings. The quantitative estimate of drug-likeness (QED) is 0.791. The number of rotatable bonds is 7. The van der Waals surface area contributed by atoms with Crippen LogP contribution >= 0.6 is 0 Å². The highest BCUT2D eigenvalue weighted by Gasteiger charge is 2.12. The molecule has 1 heterocycles. The maximum absolute atomic E-state index is 5.52. The first kappa shape index (κ1) is 14.5. The predicted octanol–water partition coefficient (Wildman–Crippen LogP) is 2.31. The fraction of sp³-hybridized carbons (Fsp3) is 0.625. The molecule has 2 N–H and O–H groups in total. The average molecular weight is 262 g/mol. The molecule has 0 aliphatic carbocycles. The maximum Gasteiger partial charge on any atom is 0.0719 e. The summed E-state index contributed by atoms with van der Waals surface area (Å²) in [5.74, 6) is 0.834. The summed E-state index contributed by atoms with van der Waals surface area (Å²) in [6, 6.07) is 8.56. The smallest absolute Gasteiger partial charge is 0.0719 e. The highest BCUT2D eigenvalue weighted by atomic mass is 16.5. The van der Waals surface area contributed by atoms with Crippen LogP contribution in [0.2, 0.25) is 0 Å². The second-order valence-corrected chi connectivity index (χ2v) is 5.23. The van der Waals surface area contributed by atoms with Crippen molar-refractivity contribution < 1.29 is 4.74 Å². The van der Waals surface area contributed by atoms with Crippen molar-refractivity contribution >= 4 is 0 Å². The standard InChI is InChI=1S/C16H26N2O/c1-2-19-13-16-6-4-3-5-15(16)12-18-11-14-7-9-17-10-8-14/h3-6,14,17-18H,2,7-13H2,1H3. The summed E-state index contributed by atoms with van der Waals surface area (Å²) in [5, 5.41) is 7.02. The van der Waals surface area contributed by atoms with Gasteiger partial charge in [-0.3, -0.25) is 0 Å². The van der Waals surface area contributed by atoms with Crippen LogP contribution in [0.15, 0.2) is 24.3 Å². The third-order valence-electron chi connectivity index (χ3n) is 3.79. The largest absolute Gasteiger partial charge is 0.377 e. The Morgan fingerprint density at radius 3 is 2.68 bits per heavy atom. The van der Waals surface area contributed by atoms with Crippen LogP contribution in [0, 0.1) is 5.92 Å². The first-order valence-electron chi connectivity index (χ1n) is 7.46. The van der Waals surface area contributed by atoms with Gasteiger partial charge in [0.25, 0.3) is 0 Å². The molecule has 0 atom stereocenters. The number of nitrogens with one attached hydrogen (secondary N) is 2. The van der Waals surface area contributed by atoms with Gasteiger partial charge in [-0.2, -0.15) is 0 Å². The molecule has 3 heteroatoms. The molecule has 0 aromatic heterocycles. The molecule has 1 aliphatic heterocycles. The Labute approximate surface area is 116 Å². The molecule has 0 saturated carbocycles. The molecule has 0 bridgehead atoms. The van der Waals surface area contributed by atoms with Crippen molar-refractivity contribution in [3.8, 4) is 0 Å². The molecule has 0 unspecified atom stereocenters. The van der Waals surface area contributed by atoms with Crippen LogP contribution in [0.1, 0.15) is 30.9 Å². The summed E-state index contributed by atoms with van der Waals surface area (Å²) in [5.41, 5.74) is 2.67. The summed E-state index contributed by atoms with van der Waals surface area (Å²) < 4.78 is 5.52. The minimum absolute atomic E-state index is 0.724. The first-order valence-corrected chi connectivity index (χ1v) is 7.46. The lowest BCUT2D eigenvalue weighted by atomic mass is 9.98. The summed E-state index contributed by atoms with van der Waals surface area (Å²) in [6.07, 6.45) is 2.60. The molecule has 3 nitrogen and oxygen atoms in total. The maximum atomic E-state index is 5.52. The Bertz CT molecular complexity index is 362. The molecule has 1 aromatic carbocycles. The molecule has 2 rings (SSSR count). The lowest BCUT2D eigenvalue weighted by Crippen LogP contribution is -2.33. The van der Waals surface area contributed by atoms with Crippen molar-refractivity contribution in [2.75, 3.05) is 26.2 Å². The van der Waals surface area contributed by atoms with Gasteiger partial charge in [0.1, 0.15) is 0 Å². The topological polar surface area (TPSA) is 33.3 Å². The first-order chi connectivity index (χ1) is 9.40. The van der Waals surface area contributed by atoms with Crippen molar-refractivity contribution in [3.63, 3.8) is 0 Å². The zero-order chi connectivity index (χ0) is 13.3. The van der Waals surface area contributed by atoms with Gasteiger partial charge in [0.2, 0.25) is 0 Å². The molecule has 0 amide bonds. The second kappa shape index (κ2) is 8.31. The van der Waals surface area contributed by atoms with E-state index >= 15 is 0 Å². The van der Waals surface area contributed by atoms with Gasteiger partial charge in [-0.25, -0.2) is 0 Å². The van der Waals surface area contributed by atoms with Gasteiger partial charge < -0.3 is 15.4 Å². The van der Waals surface area contributed by atoms with Gasteiger partial charge in [0.05, 0.1) is 6.61 Å². The number of benzene rings is 1. The van der Waals surface area contributed by atoms with Crippen LogP contribution < -0.4 is 10.6 Å². The zero-order valence-corrected chi connectivity index (χ0v) is 12.0. The van der Waals surface area contributed by atoms with Gasteiger partial charge >= 0.3 is 0 Å². The zero-order valence-electron chi connectivity index (χ0n) is 12.0. The van der Waals surface area contributed by atoms with E-state index in [1.54, 1.807) is 0 Å². The van der Waals surface area contributed by atoms with E-state index in [-0.39, 0.29) is 0 Å². The molecule has 0 radical (unpaired) electrons. The SMILES string of the molecule is CCOCc1ccccc1CNCC1CCNCC1. The molecular formula is C16H26N2O. The van der Waals surface area contributed by atoms with Crippen molar-refractivity contribution in [1.82, 2.24) is 10.6 Å². The Hall–Kier alpha value is -0.900. The molecule has 1 saturated heterocycles. The van der Waals surface area contributed by atoms with E-state index < -0.39 is 0 Å². The van der Waals surface area contributed by atoms with Gasteiger partial charge in [0, 0.05) is 13.2 Å². The molecule has 19 heavy (non-hydrogen) atoms. The summed E-state index contributed by atoms with van der Waals surface area (Å²) in [6.45, 7) is 7.97. The van der Waals surface area contributed by atoms with Gasteiger partial charge in [-0.1, -0.05) is 24.3 Å². The van der Waals surface area contributed by atoms with E-state index in [0.29, 0.717) is 0 Å². The number of hydrogen-bond donors (Lipinski definition) is 2. The van der Waals surface area contributed by atoms with Crippen LogP contribution in [0.5, 0.6) is 0 Å². The lowest BCUT2D eigenvalue weighted by molar-refractivity contribution is 0.133. The third kappa shape index (κ3) is 4.94. The molecular weight excluding hydrogens is 236 g/mol. The summed E-state index contributed by atoms with van der Waals surface area (Å²) in [4.78, 5) is 0. The van der Waals surface area contributed by atoms with Crippen LogP contribution in [0.3, 0.4) is 0 Å². The normalized spacial score (nSPS) is 16.7. The third-order valence-corrected chi connectivity index (χ3v) is 3.79. The Morgan fingerprint density at radius 2 is 1.95 bits per heavy atom. The van der Waals surface area contributed by atoms with Crippen LogP contribution in [-0.4, -0.2) is 26.2 Å². The molecule has 0 spiro atoms. The predicted molar refractivity (Wildman–Crippen MR) is 79.1 cm³/mol. The van der Waals surface area contributed by atoms with E-state index in [9.17, 15) is 0 Å². The number of ether oxygens (including phenoxy) is 1. The van der Waals surface area contributed by atoms with Gasteiger partial charge in [-0.15, -0.1) is 0 Å². The van der Waals surface area contributed by atoms with Crippen molar-refractivity contribution in [3.05, 3.63) is 35.4 Å². The van der Waals surface area contributed by atoms with E-state index in [2.05, 4.69) is 34.9 Å². The van der Waals surface area contributed by atoms with Gasteiger partial charge in [-0.05, 0) is 56.4 Å². The Kier molecular flexibility index (Phi) is 6.34. The monoisotopic (exact) mass is 262 g/mol. The minimum Gasteiger partial charge on any atom is -0.377 e. The highest BCUT2D eigenvalue weighted by Crippen LogP contribution is 2.12. The number of piperidine rings is 1. The highest BCUT2D eigenvalue weighted by molar-refractivity contribution is 5.26. The average Bonchev–Trinajstić information content (AvgIpc) is 2.47. The summed E-state index contributed by atoms with van der Waals surface area (Å²) in [7, 11) is 0. The van der Waals surface area contributed by atoms with E-state index in [0.717, 1.165) is 32.2 Å². The number of hydrogen-bond acceptors (Lipinski definition) is 3. The van der Waals surface area contributed by atoms with E-state index in [1.165, 1.54) is 37.1 Å². The van der Waals surface area contributed by atoms with Crippen LogP contribution in [-0.2, 0) is 17.9 Å². The minimum atomic E-state index is 0.724. The molecule has 106 valence electrons. The van der Waals surface area contributed by atoms with Crippen LogP contribution in [0.25, 0.3) is 0 Å². The Balaban J connectivity index is 1.77. The van der Waals surface area contributed by atoms with Gasteiger partial charge in [0.15, 0.2) is 0 Å². The molecule has 1 fully saturated rings.